The van der Waals surface area contributed by atoms with Gasteiger partial charge in [0.05, 0.1) is 24.0 Å². The standard InChI is InChI=1S/C21H29F3N4O2.HI/c1-20(29,15-28(2)3)14-27-19(25-10-9-18-8-5-11-30-18)26-13-16-6-4-7-17(12-16)21(22,23)24;/h4-8,11-12,29H,9-10,13-15H2,1-3H3,(H2,25,26,27);1H. The Morgan fingerprint density at radius 2 is 1.90 bits per heavy atom. The molecule has 0 radical (unpaired) electrons. The molecule has 0 spiro atoms. The van der Waals surface area contributed by atoms with E-state index in [1.165, 1.54) is 6.07 Å². The topological polar surface area (TPSA) is 73.0 Å². The van der Waals surface area contributed by atoms with Gasteiger partial charge in [0.25, 0.3) is 0 Å². The van der Waals surface area contributed by atoms with E-state index in [0.717, 1.165) is 17.9 Å². The van der Waals surface area contributed by atoms with Crippen LogP contribution in [0.25, 0.3) is 0 Å². The zero-order chi connectivity index (χ0) is 22.2. The van der Waals surface area contributed by atoms with Gasteiger partial charge in [0.15, 0.2) is 5.96 Å². The number of hydrogen-bond donors (Lipinski definition) is 3. The summed E-state index contributed by atoms with van der Waals surface area (Å²) in [5.74, 6) is 1.21. The first-order valence-corrected chi connectivity index (χ1v) is 9.63. The van der Waals surface area contributed by atoms with Crippen molar-refractivity contribution in [1.29, 1.82) is 0 Å². The number of furan rings is 1. The predicted octanol–water partition coefficient (Wildman–Crippen LogP) is 3.51. The Bertz CT molecular complexity index is 809. The smallest absolute Gasteiger partial charge is 0.416 e. The molecule has 6 nitrogen and oxygen atoms in total. The number of nitrogens with zero attached hydrogens (tertiary/aromatic N) is 2. The molecule has 0 saturated heterocycles. The molecule has 0 saturated carbocycles. The number of benzene rings is 1. The van der Waals surface area contributed by atoms with Crippen molar-refractivity contribution in [1.82, 2.24) is 15.5 Å². The van der Waals surface area contributed by atoms with Gasteiger partial charge in [-0.1, -0.05) is 12.1 Å². The summed E-state index contributed by atoms with van der Waals surface area (Å²) < 4.78 is 44.1. The Morgan fingerprint density at radius 3 is 2.52 bits per heavy atom. The van der Waals surface area contributed by atoms with Gasteiger partial charge in [-0.25, -0.2) is 4.99 Å². The second kappa shape index (κ2) is 12.3. The third-order valence-corrected chi connectivity index (χ3v) is 4.21. The second-order valence-electron chi connectivity index (χ2n) is 7.71. The molecular formula is C21H30F3IN4O2. The lowest BCUT2D eigenvalue weighted by Crippen LogP contribution is -2.50. The minimum Gasteiger partial charge on any atom is -0.469 e. The van der Waals surface area contributed by atoms with Crippen LogP contribution in [0.4, 0.5) is 13.2 Å². The third kappa shape index (κ3) is 10.4. The Balaban J connectivity index is 0.00000480. The molecule has 0 aliphatic heterocycles. The number of likely N-dealkylation sites (N-methyl/N-ethyl adjacent to an activating group) is 1. The quantitative estimate of drug-likeness (QED) is 0.252. The normalized spacial score (nSPS) is 14.1. The van der Waals surface area contributed by atoms with Crippen LogP contribution in [0.5, 0.6) is 0 Å². The highest BCUT2D eigenvalue weighted by Crippen LogP contribution is 2.29. The summed E-state index contributed by atoms with van der Waals surface area (Å²) in [5.41, 5.74) is -1.27. The minimum atomic E-state index is -4.40. The van der Waals surface area contributed by atoms with Gasteiger partial charge in [0.1, 0.15) is 5.76 Å². The fourth-order valence-corrected chi connectivity index (χ4v) is 2.96. The van der Waals surface area contributed by atoms with E-state index in [2.05, 4.69) is 15.6 Å². The van der Waals surface area contributed by atoms with Crippen molar-refractivity contribution in [3.05, 3.63) is 59.5 Å². The van der Waals surface area contributed by atoms with Crippen LogP contribution in [-0.2, 0) is 19.1 Å². The summed E-state index contributed by atoms with van der Waals surface area (Å²) in [7, 11) is 3.72. The molecule has 1 unspecified atom stereocenters. The van der Waals surface area contributed by atoms with E-state index in [9.17, 15) is 18.3 Å². The number of alkyl halides is 3. The van der Waals surface area contributed by atoms with Crippen molar-refractivity contribution in [2.24, 2.45) is 4.99 Å². The van der Waals surface area contributed by atoms with Gasteiger partial charge >= 0.3 is 6.18 Å². The molecule has 1 heterocycles. The van der Waals surface area contributed by atoms with Crippen LogP contribution in [0.1, 0.15) is 23.8 Å². The highest BCUT2D eigenvalue weighted by molar-refractivity contribution is 14.0. The van der Waals surface area contributed by atoms with Crippen molar-refractivity contribution < 1.29 is 22.7 Å². The number of guanidine groups is 1. The number of nitrogens with one attached hydrogen (secondary N) is 2. The maximum atomic E-state index is 12.9. The molecule has 2 aromatic rings. The number of aliphatic imine (C=N–C) groups is 1. The van der Waals surface area contributed by atoms with E-state index in [1.54, 1.807) is 25.3 Å². The summed E-state index contributed by atoms with van der Waals surface area (Å²) in [5, 5.41) is 16.7. The van der Waals surface area contributed by atoms with Gasteiger partial charge in [-0.2, -0.15) is 13.2 Å². The van der Waals surface area contributed by atoms with Crippen LogP contribution in [0.15, 0.2) is 52.1 Å². The zero-order valence-corrected chi connectivity index (χ0v) is 20.2. The molecule has 174 valence electrons. The van der Waals surface area contributed by atoms with Crippen LogP contribution >= 0.6 is 24.0 Å². The highest BCUT2D eigenvalue weighted by atomic mass is 127. The first-order valence-electron chi connectivity index (χ1n) is 9.63. The van der Waals surface area contributed by atoms with E-state index in [4.69, 9.17) is 4.42 Å². The molecule has 0 aliphatic rings. The molecule has 0 amide bonds. The van der Waals surface area contributed by atoms with Crippen LogP contribution in [0.2, 0.25) is 0 Å². The number of halogens is 4. The summed E-state index contributed by atoms with van der Waals surface area (Å²) >= 11 is 0. The Morgan fingerprint density at radius 1 is 1.16 bits per heavy atom. The molecule has 31 heavy (non-hydrogen) atoms. The van der Waals surface area contributed by atoms with Crippen LogP contribution in [0.3, 0.4) is 0 Å². The van der Waals surface area contributed by atoms with Crippen molar-refractivity contribution in [3.8, 4) is 0 Å². The second-order valence-corrected chi connectivity index (χ2v) is 7.71. The monoisotopic (exact) mass is 554 g/mol. The first-order chi connectivity index (χ1) is 14.0. The molecule has 1 atom stereocenters. The van der Waals surface area contributed by atoms with Gasteiger partial charge in [-0.15, -0.1) is 24.0 Å². The Labute approximate surface area is 197 Å². The summed E-state index contributed by atoms with van der Waals surface area (Å²) in [6.45, 7) is 2.94. The van der Waals surface area contributed by atoms with Gasteiger partial charge in [0, 0.05) is 26.1 Å². The van der Waals surface area contributed by atoms with Crippen molar-refractivity contribution in [2.45, 2.75) is 31.7 Å². The SMILES string of the molecule is CN(C)CC(C)(O)CNC(=NCc1cccc(C(F)(F)F)c1)NCCc1ccco1.I. The molecular weight excluding hydrogens is 524 g/mol. The lowest BCUT2D eigenvalue weighted by molar-refractivity contribution is -0.137. The molecule has 0 fully saturated rings. The molecule has 1 aromatic heterocycles. The van der Waals surface area contributed by atoms with Gasteiger partial charge in [-0.05, 0) is 50.8 Å². The van der Waals surface area contributed by atoms with Crippen molar-refractivity contribution in [3.63, 3.8) is 0 Å². The van der Waals surface area contributed by atoms with Crippen LogP contribution < -0.4 is 10.6 Å². The van der Waals surface area contributed by atoms with E-state index < -0.39 is 17.3 Å². The fourth-order valence-electron chi connectivity index (χ4n) is 2.96. The first kappa shape index (κ1) is 27.2. The number of hydrogen-bond acceptors (Lipinski definition) is 4. The van der Waals surface area contributed by atoms with E-state index in [-0.39, 0.29) is 37.1 Å². The third-order valence-electron chi connectivity index (χ3n) is 4.21. The maximum Gasteiger partial charge on any atom is 0.416 e. The summed E-state index contributed by atoms with van der Waals surface area (Å²) in [6.07, 6.45) is -2.19. The highest BCUT2D eigenvalue weighted by Gasteiger charge is 2.30. The van der Waals surface area contributed by atoms with Crippen LogP contribution in [-0.4, -0.2) is 55.3 Å². The Hall–Kier alpha value is -1.79. The predicted molar refractivity (Wildman–Crippen MR) is 126 cm³/mol. The molecule has 10 heteroatoms. The fraction of sp³-hybridized carbons (Fsp3) is 0.476. The molecule has 2 rings (SSSR count). The summed E-state index contributed by atoms with van der Waals surface area (Å²) in [6, 6.07) is 8.75. The molecule has 3 N–H and O–H groups in total. The lowest BCUT2D eigenvalue weighted by Gasteiger charge is -2.28. The number of rotatable bonds is 9. The van der Waals surface area contributed by atoms with Gasteiger partial charge < -0.3 is 25.1 Å². The zero-order valence-electron chi connectivity index (χ0n) is 17.9. The molecule has 0 aliphatic carbocycles. The van der Waals surface area contributed by atoms with E-state index >= 15 is 0 Å². The minimum absolute atomic E-state index is 0. The van der Waals surface area contributed by atoms with Gasteiger partial charge in [0.2, 0.25) is 0 Å². The van der Waals surface area contributed by atoms with E-state index in [0.29, 0.717) is 31.0 Å². The average Bonchev–Trinajstić information content (AvgIpc) is 3.15. The number of aliphatic hydroxyl groups is 1. The molecule has 0 bridgehead atoms. The van der Waals surface area contributed by atoms with Crippen LogP contribution in [0, 0.1) is 0 Å². The average molecular weight is 554 g/mol. The van der Waals surface area contributed by atoms with E-state index in [1.807, 2.05) is 25.1 Å². The van der Waals surface area contributed by atoms with Crippen molar-refractivity contribution in [2.75, 3.05) is 33.7 Å². The molecule has 1 aromatic carbocycles. The lowest BCUT2D eigenvalue weighted by atomic mass is 10.1. The Kier molecular flexibility index (Phi) is 10.8. The maximum absolute atomic E-state index is 12.9. The van der Waals surface area contributed by atoms with Gasteiger partial charge in [-0.3, -0.25) is 0 Å². The van der Waals surface area contributed by atoms with Crippen molar-refractivity contribution >= 4 is 29.9 Å². The summed E-state index contributed by atoms with van der Waals surface area (Å²) in [4.78, 5) is 6.26. The largest absolute Gasteiger partial charge is 0.469 e.